The van der Waals surface area contributed by atoms with E-state index in [2.05, 4.69) is 10.4 Å². The van der Waals surface area contributed by atoms with Gasteiger partial charge < -0.3 is 10.1 Å². The molecule has 0 unspecified atom stereocenters. The van der Waals surface area contributed by atoms with Crippen LogP contribution in [0.1, 0.15) is 17.3 Å². The Bertz CT molecular complexity index is 1110. The Hall–Kier alpha value is -4.01. The van der Waals surface area contributed by atoms with Crippen molar-refractivity contribution in [2.45, 2.75) is 13.5 Å². The molecule has 9 nitrogen and oxygen atoms in total. The summed E-state index contributed by atoms with van der Waals surface area (Å²) in [5.41, 5.74) is 1.15. The molecule has 1 amide bonds. The second-order valence-corrected chi connectivity index (χ2v) is 6.30. The maximum atomic E-state index is 12.2. The minimum absolute atomic E-state index is 0.140. The fourth-order valence-corrected chi connectivity index (χ4v) is 2.79. The Labute approximate surface area is 172 Å². The first-order chi connectivity index (χ1) is 14.5. The van der Waals surface area contributed by atoms with Crippen molar-refractivity contribution in [3.63, 3.8) is 0 Å². The first-order valence-corrected chi connectivity index (χ1v) is 9.32. The molecule has 30 heavy (non-hydrogen) atoms. The lowest BCUT2D eigenvalue weighted by atomic mass is 10.1. The number of benzene rings is 2. The SMILES string of the molecule is CCOc1ccc(-c2ccc(=O)n(CCNC(=O)c3cccc([N+](=O)[O-])c3)n2)cc1. The highest BCUT2D eigenvalue weighted by Crippen LogP contribution is 2.19. The molecule has 0 bridgehead atoms. The minimum atomic E-state index is -0.563. The standard InChI is InChI=1S/C21H20N4O5/c1-2-30-18-8-6-15(7-9-18)19-10-11-20(26)24(23-19)13-12-22-21(27)16-4-3-5-17(14-16)25(28)29/h3-11,14H,2,12-13H2,1H3,(H,22,27). The Morgan fingerprint density at radius 2 is 1.93 bits per heavy atom. The summed E-state index contributed by atoms with van der Waals surface area (Å²) in [6, 6.07) is 15.9. The van der Waals surface area contributed by atoms with Crippen molar-refractivity contribution in [2.75, 3.05) is 13.2 Å². The van der Waals surface area contributed by atoms with Crippen LogP contribution in [0.15, 0.2) is 65.5 Å². The van der Waals surface area contributed by atoms with Crippen LogP contribution in [0.5, 0.6) is 5.75 Å². The van der Waals surface area contributed by atoms with Crippen molar-refractivity contribution in [3.8, 4) is 17.0 Å². The predicted octanol–water partition coefficient (Wildman–Crippen LogP) is 2.65. The van der Waals surface area contributed by atoms with Crippen LogP contribution in [0, 0.1) is 10.1 Å². The molecule has 0 atom stereocenters. The van der Waals surface area contributed by atoms with Crippen molar-refractivity contribution in [2.24, 2.45) is 0 Å². The first kappa shape index (κ1) is 20.7. The number of aromatic nitrogens is 2. The van der Waals surface area contributed by atoms with Crippen molar-refractivity contribution in [1.82, 2.24) is 15.1 Å². The number of rotatable bonds is 8. The van der Waals surface area contributed by atoms with Gasteiger partial charge in [-0.1, -0.05) is 6.07 Å². The van der Waals surface area contributed by atoms with Crippen LogP contribution >= 0.6 is 0 Å². The van der Waals surface area contributed by atoms with Crippen LogP contribution in [0.2, 0.25) is 0 Å². The van der Waals surface area contributed by atoms with E-state index in [1.165, 1.54) is 35.0 Å². The van der Waals surface area contributed by atoms with Gasteiger partial charge in [0.2, 0.25) is 0 Å². The number of nitro benzene ring substituents is 1. The zero-order valence-electron chi connectivity index (χ0n) is 16.3. The lowest BCUT2D eigenvalue weighted by Crippen LogP contribution is -2.32. The van der Waals surface area contributed by atoms with Crippen molar-refractivity contribution in [3.05, 3.63) is 86.7 Å². The summed E-state index contributed by atoms with van der Waals surface area (Å²) in [7, 11) is 0. The zero-order valence-corrected chi connectivity index (χ0v) is 16.3. The number of non-ortho nitro benzene ring substituents is 1. The van der Waals surface area contributed by atoms with Crippen molar-refractivity contribution >= 4 is 11.6 Å². The number of hydrogen-bond donors (Lipinski definition) is 1. The second kappa shape index (κ2) is 9.46. The number of carbonyl (C=O) groups is 1. The van der Waals surface area contributed by atoms with Crippen LogP contribution in [-0.2, 0) is 6.54 Å². The van der Waals surface area contributed by atoms with Gasteiger partial charge in [-0.05, 0) is 43.3 Å². The van der Waals surface area contributed by atoms with Gasteiger partial charge >= 0.3 is 0 Å². The summed E-state index contributed by atoms with van der Waals surface area (Å²) in [5, 5.41) is 17.8. The van der Waals surface area contributed by atoms with E-state index in [1.807, 2.05) is 31.2 Å². The average molecular weight is 408 g/mol. The molecule has 154 valence electrons. The molecule has 2 aromatic carbocycles. The van der Waals surface area contributed by atoms with Gasteiger partial charge in [0.15, 0.2) is 0 Å². The summed E-state index contributed by atoms with van der Waals surface area (Å²) < 4.78 is 6.68. The highest BCUT2D eigenvalue weighted by Gasteiger charge is 2.11. The van der Waals surface area contributed by atoms with E-state index < -0.39 is 10.8 Å². The van der Waals surface area contributed by atoms with Crippen LogP contribution < -0.4 is 15.6 Å². The smallest absolute Gasteiger partial charge is 0.270 e. The van der Waals surface area contributed by atoms with E-state index in [4.69, 9.17) is 4.74 Å². The number of ether oxygens (including phenoxy) is 1. The number of nitrogens with one attached hydrogen (secondary N) is 1. The molecular weight excluding hydrogens is 388 g/mol. The Kier molecular flexibility index (Phi) is 6.53. The average Bonchev–Trinajstić information content (AvgIpc) is 2.76. The summed E-state index contributed by atoms with van der Waals surface area (Å²) in [5.74, 6) is 0.285. The molecule has 1 aromatic heterocycles. The summed E-state index contributed by atoms with van der Waals surface area (Å²) in [4.78, 5) is 34.6. The number of nitro groups is 1. The Balaban J connectivity index is 1.66. The largest absolute Gasteiger partial charge is 0.494 e. The molecule has 9 heteroatoms. The number of amides is 1. The van der Waals surface area contributed by atoms with Crippen LogP contribution in [0.4, 0.5) is 5.69 Å². The second-order valence-electron chi connectivity index (χ2n) is 6.30. The van der Waals surface area contributed by atoms with Crippen LogP contribution in [0.25, 0.3) is 11.3 Å². The topological polar surface area (TPSA) is 116 Å². The molecular formula is C21H20N4O5. The fraction of sp³-hybridized carbons (Fsp3) is 0.190. The van der Waals surface area contributed by atoms with E-state index in [0.717, 1.165) is 11.3 Å². The summed E-state index contributed by atoms with van der Waals surface area (Å²) in [6.07, 6.45) is 0. The molecule has 0 saturated heterocycles. The van der Waals surface area contributed by atoms with Crippen molar-refractivity contribution < 1.29 is 14.5 Å². The Morgan fingerprint density at radius 1 is 1.17 bits per heavy atom. The highest BCUT2D eigenvalue weighted by molar-refractivity contribution is 5.94. The van der Waals surface area contributed by atoms with E-state index >= 15 is 0 Å². The van der Waals surface area contributed by atoms with E-state index in [-0.39, 0.29) is 29.9 Å². The predicted molar refractivity (Wildman–Crippen MR) is 111 cm³/mol. The van der Waals surface area contributed by atoms with Gasteiger partial charge in [-0.15, -0.1) is 0 Å². The summed E-state index contributed by atoms with van der Waals surface area (Å²) in [6.45, 7) is 2.78. The van der Waals surface area contributed by atoms with E-state index in [1.54, 1.807) is 6.07 Å². The molecule has 0 fully saturated rings. The normalized spacial score (nSPS) is 10.4. The van der Waals surface area contributed by atoms with Gasteiger partial charge in [-0.25, -0.2) is 4.68 Å². The van der Waals surface area contributed by atoms with E-state index in [0.29, 0.717) is 12.3 Å². The molecule has 0 aliphatic rings. The Morgan fingerprint density at radius 3 is 2.63 bits per heavy atom. The molecule has 1 heterocycles. The van der Waals surface area contributed by atoms with Gasteiger partial charge in [0.05, 0.1) is 23.8 Å². The van der Waals surface area contributed by atoms with Crippen LogP contribution in [0.3, 0.4) is 0 Å². The highest BCUT2D eigenvalue weighted by atomic mass is 16.6. The zero-order chi connectivity index (χ0) is 21.5. The molecule has 3 rings (SSSR count). The fourth-order valence-electron chi connectivity index (χ4n) is 2.79. The maximum Gasteiger partial charge on any atom is 0.270 e. The molecule has 0 aliphatic carbocycles. The molecule has 0 spiro atoms. The summed E-state index contributed by atoms with van der Waals surface area (Å²) >= 11 is 0. The van der Waals surface area contributed by atoms with Gasteiger partial charge in [0.25, 0.3) is 17.2 Å². The van der Waals surface area contributed by atoms with Gasteiger partial charge in [0, 0.05) is 35.9 Å². The van der Waals surface area contributed by atoms with Gasteiger partial charge in [0.1, 0.15) is 5.75 Å². The van der Waals surface area contributed by atoms with Gasteiger partial charge in [-0.2, -0.15) is 5.10 Å². The lowest BCUT2D eigenvalue weighted by Gasteiger charge is -2.09. The minimum Gasteiger partial charge on any atom is -0.494 e. The third-order valence-electron chi connectivity index (χ3n) is 4.26. The lowest BCUT2D eigenvalue weighted by molar-refractivity contribution is -0.384. The van der Waals surface area contributed by atoms with Crippen molar-refractivity contribution in [1.29, 1.82) is 0 Å². The number of hydrogen-bond acceptors (Lipinski definition) is 6. The molecule has 0 saturated carbocycles. The quantitative estimate of drug-likeness (QED) is 0.452. The van der Waals surface area contributed by atoms with Crippen LogP contribution in [-0.4, -0.2) is 33.8 Å². The number of nitrogens with zero attached hydrogens (tertiary/aromatic N) is 3. The molecule has 0 radical (unpaired) electrons. The molecule has 1 N–H and O–H groups in total. The first-order valence-electron chi connectivity index (χ1n) is 9.32. The third kappa shape index (κ3) is 5.07. The van der Waals surface area contributed by atoms with Gasteiger partial charge in [-0.3, -0.25) is 19.7 Å². The molecule has 0 aliphatic heterocycles. The van der Waals surface area contributed by atoms with E-state index in [9.17, 15) is 19.7 Å². The molecule has 3 aromatic rings. The third-order valence-corrected chi connectivity index (χ3v) is 4.26. The maximum absolute atomic E-state index is 12.2. The monoisotopic (exact) mass is 408 g/mol. The number of carbonyl (C=O) groups excluding carboxylic acids is 1.